The zero-order valence-corrected chi connectivity index (χ0v) is 10.6. The van der Waals surface area contributed by atoms with Crippen LogP contribution in [0.15, 0.2) is 0 Å². The third-order valence-electron chi connectivity index (χ3n) is 4.41. The Bertz CT molecular complexity index is 150. The van der Waals surface area contributed by atoms with E-state index in [4.69, 9.17) is 0 Å². The molecule has 0 nitrogen and oxygen atoms in total. The van der Waals surface area contributed by atoms with Gasteiger partial charge in [-0.1, -0.05) is 53.4 Å². The first kappa shape index (κ1) is 12.1. The van der Waals surface area contributed by atoms with Crippen molar-refractivity contribution in [2.45, 2.75) is 66.2 Å². The first-order valence-electron chi connectivity index (χ1n) is 6.69. The Kier molecular flexibility index (Phi) is 4.98. The van der Waals surface area contributed by atoms with E-state index in [2.05, 4.69) is 27.7 Å². The van der Waals surface area contributed by atoms with Gasteiger partial charge in [-0.15, -0.1) is 0 Å². The summed E-state index contributed by atoms with van der Waals surface area (Å²) in [5, 5.41) is 0. The van der Waals surface area contributed by atoms with E-state index in [0.29, 0.717) is 0 Å². The minimum Gasteiger partial charge on any atom is -0.0654 e. The molecular formula is C14H28. The van der Waals surface area contributed by atoms with Crippen LogP contribution in [0.1, 0.15) is 66.2 Å². The summed E-state index contributed by atoms with van der Waals surface area (Å²) in [4.78, 5) is 0. The molecule has 0 heteroatoms. The van der Waals surface area contributed by atoms with Crippen molar-refractivity contribution in [1.29, 1.82) is 0 Å². The lowest BCUT2D eigenvalue weighted by Crippen LogP contribution is -2.28. The van der Waals surface area contributed by atoms with Crippen LogP contribution in [0.25, 0.3) is 0 Å². The maximum absolute atomic E-state index is 2.48. The summed E-state index contributed by atoms with van der Waals surface area (Å²) >= 11 is 0. The normalized spacial score (nSPS) is 38.6. The van der Waals surface area contributed by atoms with Gasteiger partial charge in [0.2, 0.25) is 0 Å². The minimum absolute atomic E-state index is 0.984. The lowest BCUT2D eigenvalue weighted by atomic mass is 9.67. The number of hydrogen-bond donors (Lipinski definition) is 0. The van der Waals surface area contributed by atoms with Gasteiger partial charge in [0, 0.05) is 0 Å². The highest BCUT2D eigenvalue weighted by Crippen LogP contribution is 2.41. The molecule has 1 aliphatic carbocycles. The molecule has 0 heterocycles. The fourth-order valence-electron chi connectivity index (χ4n) is 3.24. The van der Waals surface area contributed by atoms with Crippen molar-refractivity contribution in [2.24, 2.45) is 23.7 Å². The van der Waals surface area contributed by atoms with Crippen LogP contribution < -0.4 is 0 Å². The number of unbranched alkanes of at least 4 members (excludes halogenated alkanes) is 1. The summed E-state index contributed by atoms with van der Waals surface area (Å²) in [5.41, 5.74) is 0. The first-order chi connectivity index (χ1) is 6.69. The van der Waals surface area contributed by atoms with Crippen LogP contribution in [0, 0.1) is 23.7 Å². The highest BCUT2D eigenvalue weighted by Gasteiger charge is 2.30. The van der Waals surface area contributed by atoms with Crippen molar-refractivity contribution in [1.82, 2.24) is 0 Å². The van der Waals surface area contributed by atoms with Crippen LogP contribution in [-0.2, 0) is 0 Å². The molecule has 0 N–H and O–H groups in total. The highest BCUT2D eigenvalue weighted by atomic mass is 14.4. The van der Waals surface area contributed by atoms with Crippen molar-refractivity contribution < 1.29 is 0 Å². The van der Waals surface area contributed by atoms with Gasteiger partial charge in [0.15, 0.2) is 0 Å². The van der Waals surface area contributed by atoms with E-state index in [0.717, 1.165) is 23.7 Å². The van der Waals surface area contributed by atoms with Gasteiger partial charge in [-0.05, 0) is 36.5 Å². The Morgan fingerprint density at radius 1 is 0.929 bits per heavy atom. The summed E-state index contributed by atoms with van der Waals surface area (Å²) in [6.07, 6.45) is 8.68. The molecule has 0 spiro atoms. The Labute approximate surface area is 90.5 Å². The second-order valence-corrected chi connectivity index (χ2v) is 5.50. The van der Waals surface area contributed by atoms with E-state index >= 15 is 0 Å². The van der Waals surface area contributed by atoms with E-state index in [-0.39, 0.29) is 0 Å². The molecule has 0 bridgehead atoms. The van der Waals surface area contributed by atoms with Crippen molar-refractivity contribution in [3.8, 4) is 0 Å². The molecule has 1 saturated carbocycles. The number of rotatable bonds is 4. The molecule has 0 amide bonds. The maximum atomic E-state index is 2.48. The average molecular weight is 196 g/mol. The molecule has 0 aromatic carbocycles. The summed E-state index contributed by atoms with van der Waals surface area (Å²) in [7, 11) is 0. The molecule has 1 aliphatic rings. The molecule has 0 aromatic rings. The molecular weight excluding hydrogens is 168 g/mol. The third-order valence-corrected chi connectivity index (χ3v) is 4.41. The van der Waals surface area contributed by atoms with E-state index in [9.17, 15) is 0 Å². The maximum Gasteiger partial charge on any atom is -0.0386 e. The SMILES string of the molecule is CCCCC1CC(C)C(CC)CC1C. The van der Waals surface area contributed by atoms with Crippen LogP contribution in [-0.4, -0.2) is 0 Å². The molecule has 0 aromatic heterocycles. The van der Waals surface area contributed by atoms with E-state index in [1.165, 1.54) is 38.5 Å². The van der Waals surface area contributed by atoms with E-state index in [1.807, 2.05) is 0 Å². The van der Waals surface area contributed by atoms with Crippen LogP contribution in [0.4, 0.5) is 0 Å². The molecule has 84 valence electrons. The van der Waals surface area contributed by atoms with Crippen molar-refractivity contribution >= 4 is 0 Å². The average Bonchev–Trinajstić information content (AvgIpc) is 2.18. The summed E-state index contributed by atoms with van der Waals surface area (Å²) in [6, 6.07) is 0. The standard InChI is InChI=1S/C14H28/c1-5-7-8-14-10-11(3)13(6-2)9-12(14)4/h11-14H,5-10H2,1-4H3. The minimum atomic E-state index is 0.984. The van der Waals surface area contributed by atoms with Gasteiger partial charge in [-0.3, -0.25) is 0 Å². The van der Waals surface area contributed by atoms with Gasteiger partial charge >= 0.3 is 0 Å². The fourth-order valence-corrected chi connectivity index (χ4v) is 3.24. The Morgan fingerprint density at radius 2 is 1.50 bits per heavy atom. The highest BCUT2D eigenvalue weighted by molar-refractivity contribution is 4.81. The Morgan fingerprint density at radius 3 is 2.07 bits per heavy atom. The monoisotopic (exact) mass is 196 g/mol. The second-order valence-electron chi connectivity index (χ2n) is 5.50. The Hall–Kier alpha value is 0. The molecule has 14 heavy (non-hydrogen) atoms. The molecule has 0 aliphatic heterocycles. The van der Waals surface area contributed by atoms with Crippen molar-refractivity contribution in [3.05, 3.63) is 0 Å². The molecule has 1 rings (SSSR count). The lowest BCUT2D eigenvalue weighted by Gasteiger charge is -2.38. The van der Waals surface area contributed by atoms with Crippen molar-refractivity contribution in [3.63, 3.8) is 0 Å². The molecule has 4 unspecified atom stereocenters. The van der Waals surface area contributed by atoms with E-state index in [1.54, 1.807) is 0 Å². The predicted octanol–water partition coefficient (Wildman–Crippen LogP) is 4.89. The lowest BCUT2D eigenvalue weighted by molar-refractivity contribution is 0.122. The molecule has 0 radical (unpaired) electrons. The van der Waals surface area contributed by atoms with Gasteiger partial charge in [-0.2, -0.15) is 0 Å². The Balaban J connectivity index is 2.40. The fraction of sp³-hybridized carbons (Fsp3) is 1.00. The zero-order chi connectivity index (χ0) is 10.6. The largest absolute Gasteiger partial charge is 0.0654 e. The van der Waals surface area contributed by atoms with Crippen LogP contribution in [0.3, 0.4) is 0 Å². The number of hydrogen-bond acceptors (Lipinski definition) is 0. The van der Waals surface area contributed by atoms with Gasteiger partial charge < -0.3 is 0 Å². The van der Waals surface area contributed by atoms with Gasteiger partial charge in [0.25, 0.3) is 0 Å². The van der Waals surface area contributed by atoms with E-state index < -0.39 is 0 Å². The van der Waals surface area contributed by atoms with Crippen LogP contribution >= 0.6 is 0 Å². The molecule has 0 saturated heterocycles. The van der Waals surface area contributed by atoms with Crippen molar-refractivity contribution in [2.75, 3.05) is 0 Å². The van der Waals surface area contributed by atoms with Gasteiger partial charge in [-0.25, -0.2) is 0 Å². The zero-order valence-electron chi connectivity index (χ0n) is 10.6. The first-order valence-corrected chi connectivity index (χ1v) is 6.69. The predicted molar refractivity (Wildman–Crippen MR) is 64.4 cm³/mol. The molecule has 4 atom stereocenters. The van der Waals surface area contributed by atoms with Gasteiger partial charge in [0.05, 0.1) is 0 Å². The molecule has 1 fully saturated rings. The second kappa shape index (κ2) is 5.78. The van der Waals surface area contributed by atoms with Crippen LogP contribution in [0.5, 0.6) is 0 Å². The summed E-state index contributed by atoms with van der Waals surface area (Å²) in [5.74, 6) is 4.02. The quantitative estimate of drug-likeness (QED) is 0.601. The summed E-state index contributed by atoms with van der Waals surface area (Å²) < 4.78 is 0. The smallest absolute Gasteiger partial charge is 0.0386 e. The summed E-state index contributed by atoms with van der Waals surface area (Å²) in [6.45, 7) is 9.62. The third kappa shape index (κ3) is 3.00. The van der Waals surface area contributed by atoms with Crippen LogP contribution in [0.2, 0.25) is 0 Å². The van der Waals surface area contributed by atoms with Gasteiger partial charge in [0.1, 0.15) is 0 Å². The topological polar surface area (TPSA) is 0 Å².